The molecule has 26 heavy (non-hydrogen) atoms. The molecular formula is C19H17F3O3S. The van der Waals surface area contributed by atoms with Crippen LogP contribution in [0.15, 0.2) is 60.7 Å². The number of halogens is 3. The Bertz CT molecular complexity index is 748. The largest absolute Gasteiger partial charge is 0.465 e. The van der Waals surface area contributed by atoms with Crippen molar-refractivity contribution in [1.82, 2.24) is 0 Å². The second kappa shape index (κ2) is 8.40. The van der Waals surface area contributed by atoms with Crippen molar-refractivity contribution in [3.8, 4) is 0 Å². The monoisotopic (exact) mass is 382 g/mol. The van der Waals surface area contributed by atoms with Crippen LogP contribution in [0.5, 0.6) is 0 Å². The molecule has 7 heteroatoms. The van der Waals surface area contributed by atoms with Crippen LogP contribution in [0.2, 0.25) is 0 Å². The first kappa shape index (κ1) is 20.0. The highest BCUT2D eigenvalue weighted by atomic mass is 32.2. The van der Waals surface area contributed by atoms with Gasteiger partial charge < -0.3 is 4.74 Å². The van der Waals surface area contributed by atoms with Gasteiger partial charge in [-0.3, -0.25) is 9.59 Å². The van der Waals surface area contributed by atoms with E-state index in [9.17, 15) is 22.8 Å². The Morgan fingerprint density at radius 1 is 0.962 bits per heavy atom. The highest BCUT2D eigenvalue weighted by Gasteiger charge is 2.55. The predicted octanol–water partition coefficient (Wildman–Crippen LogP) is 4.67. The Balaban J connectivity index is 2.58. The van der Waals surface area contributed by atoms with Crippen molar-refractivity contribution in [3.05, 3.63) is 71.8 Å². The summed E-state index contributed by atoms with van der Waals surface area (Å²) < 4.78 is 42.4. The fourth-order valence-electron chi connectivity index (χ4n) is 2.52. The fraction of sp³-hybridized carbons (Fsp3) is 0.263. The Morgan fingerprint density at radius 2 is 1.50 bits per heavy atom. The lowest BCUT2D eigenvalue weighted by Crippen LogP contribution is -2.48. The van der Waals surface area contributed by atoms with E-state index in [0.717, 1.165) is 0 Å². The maximum Gasteiger partial charge on any atom is 0.443 e. The van der Waals surface area contributed by atoms with Crippen molar-refractivity contribution in [1.29, 1.82) is 0 Å². The molecule has 0 amide bonds. The standard InChI is InChI=1S/C19H17F3O3S/c1-2-25-17(24)18(26-19(20,21)22,13-14-9-5-3-6-10-14)16(23)15-11-7-4-8-12-15/h3-12H,2,13H2,1H3. The van der Waals surface area contributed by atoms with Gasteiger partial charge in [0.2, 0.25) is 0 Å². The fourth-order valence-corrected chi connectivity index (χ4v) is 3.51. The van der Waals surface area contributed by atoms with Crippen LogP contribution < -0.4 is 0 Å². The number of Topliss-reactive ketones (excluding diaryl/α,β-unsaturated/α-hetero) is 1. The maximum atomic E-state index is 13.3. The molecule has 0 heterocycles. The predicted molar refractivity (Wildman–Crippen MR) is 93.9 cm³/mol. The third-order valence-electron chi connectivity index (χ3n) is 3.59. The SMILES string of the molecule is CCOC(=O)C(Cc1ccccc1)(SC(F)(F)F)C(=O)c1ccccc1. The molecule has 0 aliphatic heterocycles. The van der Waals surface area contributed by atoms with Gasteiger partial charge in [0.15, 0.2) is 10.5 Å². The lowest BCUT2D eigenvalue weighted by molar-refractivity contribution is -0.145. The number of ketones is 1. The number of carbonyl (C=O) groups excluding carboxylic acids is 2. The van der Waals surface area contributed by atoms with E-state index in [1.807, 2.05) is 0 Å². The molecule has 0 fully saturated rings. The minimum atomic E-state index is -4.80. The molecule has 3 nitrogen and oxygen atoms in total. The molecule has 0 aliphatic carbocycles. The molecule has 2 aromatic rings. The molecule has 0 N–H and O–H groups in total. The summed E-state index contributed by atoms with van der Waals surface area (Å²) in [7, 11) is 0. The van der Waals surface area contributed by atoms with Gasteiger partial charge >= 0.3 is 11.5 Å². The molecule has 0 aromatic heterocycles. The van der Waals surface area contributed by atoms with Crippen LogP contribution in [0.25, 0.3) is 0 Å². The molecule has 0 spiro atoms. The van der Waals surface area contributed by atoms with E-state index < -0.39 is 40.2 Å². The number of ether oxygens (including phenoxy) is 1. The number of hydrogen-bond acceptors (Lipinski definition) is 4. The molecule has 1 unspecified atom stereocenters. The summed E-state index contributed by atoms with van der Waals surface area (Å²) in [5.41, 5.74) is -4.35. The average molecular weight is 382 g/mol. The lowest BCUT2D eigenvalue weighted by Gasteiger charge is -2.30. The number of carbonyl (C=O) groups is 2. The molecule has 1 atom stereocenters. The molecule has 0 radical (unpaired) electrons. The van der Waals surface area contributed by atoms with Crippen LogP contribution in [0, 0.1) is 0 Å². The summed E-state index contributed by atoms with van der Waals surface area (Å²) in [5.74, 6) is -2.12. The Morgan fingerprint density at radius 3 is 2.00 bits per heavy atom. The molecule has 0 saturated carbocycles. The summed E-state index contributed by atoms with van der Waals surface area (Å²) in [5, 5.41) is 0. The second-order valence-electron chi connectivity index (χ2n) is 5.45. The van der Waals surface area contributed by atoms with Gasteiger partial charge in [0.05, 0.1) is 6.61 Å². The van der Waals surface area contributed by atoms with Gasteiger partial charge in [-0.05, 0) is 24.2 Å². The number of rotatable bonds is 7. The van der Waals surface area contributed by atoms with E-state index in [4.69, 9.17) is 4.74 Å². The van der Waals surface area contributed by atoms with Gasteiger partial charge in [0.1, 0.15) is 0 Å². The van der Waals surface area contributed by atoms with Crippen LogP contribution in [0.1, 0.15) is 22.8 Å². The molecule has 2 rings (SSSR count). The van der Waals surface area contributed by atoms with Gasteiger partial charge in [-0.15, -0.1) is 0 Å². The van der Waals surface area contributed by atoms with E-state index >= 15 is 0 Å². The zero-order valence-corrected chi connectivity index (χ0v) is 14.8. The van der Waals surface area contributed by atoms with E-state index in [1.54, 1.807) is 36.4 Å². The van der Waals surface area contributed by atoms with Gasteiger partial charge in [-0.2, -0.15) is 13.2 Å². The first-order valence-corrected chi connectivity index (χ1v) is 8.68. The summed E-state index contributed by atoms with van der Waals surface area (Å²) in [6.07, 6.45) is -0.426. The van der Waals surface area contributed by atoms with Crippen LogP contribution in [0.4, 0.5) is 13.2 Å². The van der Waals surface area contributed by atoms with Crippen molar-refractivity contribution in [2.24, 2.45) is 0 Å². The van der Waals surface area contributed by atoms with Gasteiger partial charge in [-0.25, -0.2) is 0 Å². The Kier molecular flexibility index (Phi) is 6.47. The third-order valence-corrected chi connectivity index (χ3v) is 4.67. The Labute approximate surface area is 153 Å². The normalized spacial score (nSPS) is 13.7. The van der Waals surface area contributed by atoms with Crippen molar-refractivity contribution in [2.45, 2.75) is 23.6 Å². The average Bonchev–Trinajstić information content (AvgIpc) is 2.61. The van der Waals surface area contributed by atoms with E-state index in [2.05, 4.69) is 0 Å². The number of benzene rings is 2. The Hall–Kier alpha value is -2.28. The topological polar surface area (TPSA) is 43.4 Å². The summed E-state index contributed by atoms with van der Waals surface area (Å²) in [6, 6.07) is 15.6. The van der Waals surface area contributed by atoms with E-state index in [0.29, 0.717) is 5.56 Å². The first-order chi connectivity index (χ1) is 12.3. The van der Waals surface area contributed by atoms with Crippen molar-refractivity contribution >= 4 is 23.5 Å². The van der Waals surface area contributed by atoms with Crippen LogP contribution >= 0.6 is 11.8 Å². The smallest absolute Gasteiger partial charge is 0.443 e. The molecule has 2 aromatic carbocycles. The maximum absolute atomic E-state index is 13.3. The van der Waals surface area contributed by atoms with Crippen LogP contribution in [-0.4, -0.2) is 28.6 Å². The zero-order valence-electron chi connectivity index (χ0n) is 14.0. The number of esters is 1. The van der Waals surface area contributed by atoms with Crippen molar-refractivity contribution in [3.63, 3.8) is 0 Å². The third kappa shape index (κ3) is 4.88. The molecule has 0 saturated heterocycles. The van der Waals surface area contributed by atoms with Gasteiger partial charge in [0, 0.05) is 12.0 Å². The number of hydrogen-bond donors (Lipinski definition) is 0. The minimum absolute atomic E-state index is 0.0215. The van der Waals surface area contributed by atoms with Gasteiger partial charge in [-0.1, -0.05) is 60.7 Å². The summed E-state index contributed by atoms with van der Waals surface area (Å²) in [6.45, 7) is 1.35. The molecule has 0 bridgehead atoms. The van der Waals surface area contributed by atoms with Gasteiger partial charge in [0.25, 0.3) is 0 Å². The summed E-state index contributed by atoms with van der Waals surface area (Å²) in [4.78, 5) is 25.6. The van der Waals surface area contributed by atoms with Crippen LogP contribution in [-0.2, 0) is 16.0 Å². The van der Waals surface area contributed by atoms with E-state index in [-0.39, 0.29) is 12.2 Å². The second-order valence-corrected chi connectivity index (χ2v) is 6.82. The molecule has 0 aliphatic rings. The first-order valence-electron chi connectivity index (χ1n) is 7.86. The summed E-state index contributed by atoms with van der Waals surface area (Å²) >= 11 is -0.629. The van der Waals surface area contributed by atoms with Crippen LogP contribution in [0.3, 0.4) is 0 Å². The minimum Gasteiger partial charge on any atom is -0.465 e. The lowest BCUT2D eigenvalue weighted by atomic mass is 9.90. The highest BCUT2D eigenvalue weighted by molar-refractivity contribution is 8.03. The van der Waals surface area contributed by atoms with Crippen molar-refractivity contribution in [2.75, 3.05) is 6.61 Å². The molecular weight excluding hydrogens is 365 g/mol. The highest BCUT2D eigenvalue weighted by Crippen LogP contribution is 2.45. The molecule has 138 valence electrons. The van der Waals surface area contributed by atoms with Crippen molar-refractivity contribution < 1.29 is 27.5 Å². The van der Waals surface area contributed by atoms with E-state index in [1.165, 1.54) is 31.2 Å². The quantitative estimate of drug-likeness (QED) is 0.397. The number of alkyl halides is 3. The number of thioether (sulfide) groups is 1. The zero-order chi connectivity index (χ0) is 19.2.